The highest BCUT2D eigenvalue weighted by molar-refractivity contribution is 6.22. The minimum Gasteiger partial charge on any atom is -0.454 e. The summed E-state index contributed by atoms with van der Waals surface area (Å²) in [5, 5.41) is 0. The third kappa shape index (κ3) is 3.21. The summed E-state index contributed by atoms with van der Waals surface area (Å²) in [5.41, 5.74) is 0.547. The molecule has 2 aliphatic heterocycles. The molecule has 0 saturated carbocycles. The van der Waals surface area contributed by atoms with Gasteiger partial charge in [0.1, 0.15) is 6.04 Å². The fourth-order valence-corrected chi connectivity index (χ4v) is 3.47. The molecule has 1 aromatic carbocycles. The Morgan fingerprint density at radius 3 is 2.35 bits per heavy atom. The Bertz CT molecular complexity index is 725. The largest absolute Gasteiger partial charge is 0.454 e. The van der Waals surface area contributed by atoms with Crippen LogP contribution in [0.1, 0.15) is 53.8 Å². The number of imide groups is 1. The molecule has 0 aliphatic carbocycles. The van der Waals surface area contributed by atoms with Crippen molar-refractivity contribution in [2.24, 2.45) is 0 Å². The second-order valence-corrected chi connectivity index (χ2v) is 6.74. The van der Waals surface area contributed by atoms with E-state index < -0.39 is 23.8 Å². The highest BCUT2D eigenvalue weighted by atomic mass is 16.5. The summed E-state index contributed by atoms with van der Waals surface area (Å²) < 4.78 is 5.10. The van der Waals surface area contributed by atoms with Crippen molar-refractivity contribution in [3.8, 4) is 0 Å². The number of benzene rings is 1. The Morgan fingerprint density at radius 1 is 1.15 bits per heavy atom. The van der Waals surface area contributed by atoms with Crippen LogP contribution >= 0.6 is 0 Å². The number of hydrogen-bond acceptors (Lipinski definition) is 5. The van der Waals surface area contributed by atoms with E-state index in [2.05, 4.69) is 0 Å². The molecule has 3 rings (SSSR count). The molecule has 0 N–H and O–H groups in total. The highest BCUT2D eigenvalue weighted by Gasteiger charge is 2.41. The predicted molar refractivity (Wildman–Crippen MR) is 92.4 cm³/mol. The Kier molecular flexibility index (Phi) is 5.06. The van der Waals surface area contributed by atoms with Gasteiger partial charge in [0.25, 0.3) is 17.7 Å². The van der Waals surface area contributed by atoms with Crippen molar-refractivity contribution in [1.82, 2.24) is 9.80 Å². The van der Waals surface area contributed by atoms with E-state index in [0.717, 1.165) is 24.2 Å². The Morgan fingerprint density at radius 2 is 1.77 bits per heavy atom. The van der Waals surface area contributed by atoms with E-state index in [4.69, 9.17) is 4.74 Å². The molecular weight excluding hydrogens is 336 g/mol. The fraction of sp³-hybridized carbons (Fsp3) is 0.474. The molecule has 2 aliphatic rings. The molecule has 1 saturated heterocycles. The van der Waals surface area contributed by atoms with E-state index in [1.165, 1.54) is 6.92 Å². The van der Waals surface area contributed by atoms with Gasteiger partial charge in [0.05, 0.1) is 11.1 Å². The molecule has 0 bridgehead atoms. The third-order valence-corrected chi connectivity index (χ3v) is 5.02. The van der Waals surface area contributed by atoms with E-state index in [0.29, 0.717) is 6.54 Å². The van der Waals surface area contributed by atoms with Gasteiger partial charge in [-0.25, -0.2) is 4.79 Å². The lowest BCUT2D eigenvalue weighted by molar-refractivity contribution is -0.156. The number of rotatable bonds is 4. The van der Waals surface area contributed by atoms with Crippen LogP contribution in [0.5, 0.6) is 0 Å². The lowest BCUT2D eigenvalue weighted by Gasteiger charge is -2.33. The number of esters is 1. The lowest BCUT2D eigenvalue weighted by atomic mass is 10.0. The number of hydrogen-bond donors (Lipinski definition) is 0. The summed E-state index contributed by atoms with van der Waals surface area (Å²) in [6.07, 6.45) is 2.96. The summed E-state index contributed by atoms with van der Waals surface area (Å²) in [4.78, 5) is 52.0. The maximum absolute atomic E-state index is 12.4. The molecule has 7 heteroatoms. The number of ether oxygens (including phenoxy) is 1. The number of amides is 3. The van der Waals surface area contributed by atoms with E-state index in [9.17, 15) is 19.2 Å². The van der Waals surface area contributed by atoms with Gasteiger partial charge >= 0.3 is 5.97 Å². The minimum absolute atomic E-state index is 0.128. The standard InChI is InChI=1S/C19H22N2O5/c1-12-7-5-6-10-20(12)16(22)11-26-19(25)13(2)21-17(23)14-8-3-4-9-15(14)18(21)24/h3-4,8-9,12-13H,5-7,10-11H2,1-2H3. The SMILES string of the molecule is CC1CCCCN1C(=O)COC(=O)C(C)N1C(=O)c2ccccc2C1=O. The molecule has 138 valence electrons. The predicted octanol–water partition coefficient (Wildman–Crippen LogP) is 1.62. The Labute approximate surface area is 151 Å². The zero-order valence-corrected chi connectivity index (χ0v) is 14.9. The van der Waals surface area contributed by atoms with Crippen LogP contribution in [0.3, 0.4) is 0 Å². The van der Waals surface area contributed by atoms with Crippen LogP contribution in [-0.2, 0) is 14.3 Å². The molecule has 26 heavy (non-hydrogen) atoms. The monoisotopic (exact) mass is 358 g/mol. The van der Waals surface area contributed by atoms with E-state index in [1.807, 2.05) is 6.92 Å². The van der Waals surface area contributed by atoms with Crippen LogP contribution in [-0.4, -0.2) is 58.7 Å². The summed E-state index contributed by atoms with van der Waals surface area (Å²) in [6.45, 7) is 3.68. The van der Waals surface area contributed by atoms with Gasteiger partial charge in [-0.05, 0) is 45.2 Å². The first-order valence-electron chi connectivity index (χ1n) is 8.85. The fourth-order valence-electron chi connectivity index (χ4n) is 3.47. The molecule has 2 heterocycles. The van der Waals surface area contributed by atoms with Crippen molar-refractivity contribution in [2.75, 3.05) is 13.2 Å². The summed E-state index contributed by atoms with van der Waals surface area (Å²) in [7, 11) is 0. The second-order valence-electron chi connectivity index (χ2n) is 6.74. The maximum atomic E-state index is 12.4. The average Bonchev–Trinajstić information content (AvgIpc) is 2.90. The molecule has 0 aromatic heterocycles. The Hall–Kier alpha value is -2.70. The number of carbonyl (C=O) groups is 4. The number of carbonyl (C=O) groups excluding carboxylic acids is 4. The highest BCUT2D eigenvalue weighted by Crippen LogP contribution is 2.25. The van der Waals surface area contributed by atoms with E-state index in [1.54, 1.807) is 29.2 Å². The van der Waals surface area contributed by atoms with Gasteiger partial charge in [0.2, 0.25) is 0 Å². The van der Waals surface area contributed by atoms with Crippen LogP contribution in [0.4, 0.5) is 0 Å². The van der Waals surface area contributed by atoms with Crippen LogP contribution < -0.4 is 0 Å². The van der Waals surface area contributed by atoms with Crippen molar-refractivity contribution in [2.45, 2.75) is 45.2 Å². The number of nitrogens with zero attached hydrogens (tertiary/aromatic N) is 2. The van der Waals surface area contributed by atoms with Crippen molar-refractivity contribution in [3.63, 3.8) is 0 Å². The summed E-state index contributed by atoms with van der Waals surface area (Å²) in [5.74, 6) is -2.06. The van der Waals surface area contributed by atoms with Gasteiger partial charge < -0.3 is 9.64 Å². The number of fused-ring (bicyclic) bond motifs is 1. The van der Waals surface area contributed by atoms with Crippen molar-refractivity contribution in [1.29, 1.82) is 0 Å². The van der Waals surface area contributed by atoms with Crippen molar-refractivity contribution >= 4 is 23.7 Å². The van der Waals surface area contributed by atoms with Crippen LogP contribution in [0.2, 0.25) is 0 Å². The first-order chi connectivity index (χ1) is 12.4. The molecule has 1 aromatic rings. The van der Waals surface area contributed by atoms with Crippen molar-refractivity contribution < 1.29 is 23.9 Å². The molecule has 7 nitrogen and oxygen atoms in total. The van der Waals surface area contributed by atoms with Gasteiger partial charge in [0.15, 0.2) is 6.61 Å². The number of piperidine rings is 1. The van der Waals surface area contributed by atoms with Crippen molar-refractivity contribution in [3.05, 3.63) is 35.4 Å². The van der Waals surface area contributed by atoms with Gasteiger partial charge in [-0.1, -0.05) is 12.1 Å². The molecule has 1 fully saturated rings. The van der Waals surface area contributed by atoms with Gasteiger partial charge in [-0.15, -0.1) is 0 Å². The topological polar surface area (TPSA) is 84.0 Å². The van der Waals surface area contributed by atoms with E-state index >= 15 is 0 Å². The molecule has 2 unspecified atom stereocenters. The first-order valence-corrected chi connectivity index (χ1v) is 8.85. The van der Waals surface area contributed by atoms with Crippen LogP contribution in [0.25, 0.3) is 0 Å². The molecular formula is C19H22N2O5. The van der Waals surface area contributed by atoms with Crippen LogP contribution in [0.15, 0.2) is 24.3 Å². The third-order valence-electron chi connectivity index (χ3n) is 5.02. The quantitative estimate of drug-likeness (QED) is 0.603. The smallest absolute Gasteiger partial charge is 0.329 e. The van der Waals surface area contributed by atoms with Gasteiger partial charge in [-0.3, -0.25) is 19.3 Å². The van der Waals surface area contributed by atoms with Gasteiger partial charge in [-0.2, -0.15) is 0 Å². The molecule has 0 spiro atoms. The summed E-state index contributed by atoms with van der Waals surface area (Å²) >= 11 is 0. The lowest BCUT2D eigenvalue weighted by Crippen LogP contribution is -2.46. The normalized spacial score (nSPS) is 20.8. The molecule has 0 radical (unpaired) electrons. The Balaban J connectivity index is 1.61. The van der Waals surface area contributed by atoms with Gasteiger partial charge in [0, 0.05) is 12.6 Å². The first kappa shape index (κ1) is 18.1. The molecule has 2 atom stereocenters. The average molecular weight is 358 g/mol. The van der Waals surface area contributed by atoms with Crippen LogP contribution in [0, 0.1) is 0 Å². The maximum Gasteiger partial charge on any atom is 0.329 e. The second kappa shape index (κ2) is 7.27. The molecule has 3 amide bonds. The zero-order chi connectivity index (χ0) is 18.8. The number of likely N-dealkylation sites (tertiary alicyclic amines) is 1. The minimum atomic E-state index is -1.09. The zero-order valence-electron chi connectivity index (χ0n) is 14.9. The summed E-state index contributed by atoms with van der Waals surface area (Å²) in [6, 6.07) is 5.46. The van der Waals surface area contributed by atoms with E-state index in [-0.39, 0.29) is 29.7 Å².